The number of aromatic nitrogens is 1. The van der Waals surface area contributed by atoms with Gasteiger partial charge < -0.3 is 4.98 Å². The normalized spacial score (nSPS) is 19.4. The van der Waals surface area contributed by atoms with Crippen molar-refractivity contribution in [1.29, 1.82) is 0 Å². The Kier molecular flexibility index (Phi) is 3.54. The van der Waals surface area contributed by atoms with Crippen LogP contribution in [0.1, 0.15) is 44.9 Å². The Hall–Kier alpha value is -0.660. The number of rotatable bonds is 2. The van der Waals surface area contributed by atoms with E-state index in [4.69, 9.17) is 23.2 Å². The van der Waals surface area contributed by atoms with Gasteiger partial charge >= 0.3 is 0 Å². The number of nitrogens with one attached hydrogen (secondary N) is 1. The van der Waals surface area contributed by atoms with Crippen molar-refractivity contribution in [3.05, 3.63) is 33.4 Å². The average molecular weight is 310 g/mol. The Labute approximate surface area is 130 Å². The molecule has 0 spiro atoms. The number of hydrogen-bond donors (Lipinski definition) is 1. The SMILES string of the molecule is CCC(C)(C)C1CCc2[nH]c3c(Cl)cc(Cl)cc3c2C1. The third kappa shape index (κ3) is 2.25. The number of benzene rings is 1. The molecule has 108 valence electrons. The van der Waals surface area contributed by atoms with Crippen molar-refractivity contribution in [2.24, 2.45) is 11.3 Å². The molecule has 0 bridgehead atoms. The molecule has 0 aliphatic heterocycles. The molecule has 0 saturated carbocycles. The molecule has 1 aliphatic carbocycles. The van der Waals surface area contributed by atoms with Gasteiger partial charge in [0.25, 0.3) is 0 Å². The summed E-state index contributed by atoms with van der Waals surface area (Å²) in [6.45, 7) is 7.06. The number of hydrogen-bond acceptors (Lipinski definition) is 0. The van der Waals surface area contributed by atoms with Crippen molar-refractivity contribution < 1.29 is 0 Å². The van der Waals surface area contributed by atoms with Gasteiger partial charge in [-0.05, 0) is 48.3 Å². The van der Waals surface area contributed by atoms with Gasteiger partial charge in [0.2, 0.25) is 0 Å². The summed E-state index contributed by atoms with van der Waals surface area (Å²) in [5, 5.41) is 2.67. The number of H-pyrrole nitrogens is 1. The van der Waals surface area contributed by atoms with Gasteiger partial charge in [0.05, 0.1) is 10.5 Å². The first-order chi connectivity index (χ1) is 9.42. The van der Waals surface area contributed by atoms with Crippen molar-refractivity contribution >= 4 is 34.1 Å². The van der Waals surface area contributed by atoms with E-state index in [9.17, 15) is 0 Å². The van der Waals surface area contributed by atoms with Crippen LogP contribution in [0.3, 0.4) is 0 Å². The molecule has 3 rings (SSSR count). The highest BCUT2D eigenvalue weighted by Crippen LogP contribution is 2.43. The van der Waals surface area contributed by atoms with E-state index >= 15 is 0 Å². The smallest absolute Gasteiger partial charge is 0.0662 e. The van der Waals surface area contributed by atoms with Crippen LogP contribution in [-0.4, -0.2) is 4.98 Å². The van der Waals surface area contributed by atoms with Crippen molar-refractivity contribution in [2.75, 3.05) is 0 Å². The molecular weight excluding hydrogens is 289 g/mol. The van der Waals surface area contributed by atoms with Gasteiger partial charge in [0, 0.05) is 16.1 Å². The lowest BCUT2D eigenvalue weighted by Gasteiger charge is -2.36. The van der Waals surface area contributed by atoms with Crippen LogP contribution in [-0.2, 0) is 12.8 Å². The molecule has 2 aromatic rings. The van der Waals surface area contributed by atoms with Crippen LogP contribution in [0.15, 0.2) is 12.1 Å². The van der Waals surface area contributed by atoms with Crippen LogP contribution in [0.25, 0.3) is 10.9 Å². The Morgan fingerprint density at radius 3 is 2.75 bits per heavy atom. The van der Waals surface area contributed by atoms with E-state index in [2.05, 4.69) is 31.8 Å². The highest BCUT2D eigenvalue weighted by Gasteiger charge is 2.32. The fraction of sp³-hybridized carbons (Fsp3) is 0.529. The fourth-order valence-corrected chi connectivity index (χ4v) is 3.94. The van der Waals surface area contributed by atoms with Gasteiger partial charge in [-0.1, -0.05) is 50.4 Å². The van der Waals surface area contributed by atoms with E-state index in [0.717, 1.165) is 34.3 Å². The minimum absolute atomic E-state index is 0.393. The van der Waals surface area contributed by atoms with E-state index in [1.54, 1.807) is 0 Å². The third-order valence-corrected chi connectivity index (χ3v) is 5.75. The van der Waals surface area contributed by atoms with E-state index in [1.165, 1.54) is 29.5 Å². The minimum Gasteiger partial charge on any atom is -0.357 e. The van der Waals surface area contributed by atoms with Crippen molar-refractivity contribution in [2.45, 2.75) is 46.5 Å². The molecular formula is C17H21Cl2N. The van der Waals surface area contributed by atoms with Crippen LogP contribution in [0.5, 0.6) is 0 Å². The second-order valence-electron chi connectivity index (χ2n) is 6.67. The molecule has 1 aliphatic rings. The van der Waals surface area contributed by atoms with Crippen LogP contribution >= 0.6 is 23.2 Å². The summed E-state index contributed by atoms with van der Waals surface area (Å²) in [6, 6.07) is 3.88. The summed E-state index contributed by atoms with van der Waals surface area (Å²) in [5.74, 6) is 0.733. The Bertz CT molecular complexity index is 655. The molecule has 1 nitrogen and oxygen atoms in total. The first-order valence-corrected chi connectivity index (χ1v) is 8.16. The number of aryl methyl sites for hydroxylation is 1. The van der Waals surface area contributed by atoms with E-state index in [0.29, 0.717) is 5.41 Å². The van der Waals surface area contributed by atoms with Gasteiger partial charge in [0.15, 0.2) is 0 Å². The maximum Gasteiger partial charge on any atom is 0.0662 e. The summed E-state index contributed by atoms with van der Waals surface area (Å²) in [5.41, 5.74) is 4.23. The lowest BCUT2D eigenvalue weighted by Crippen LogP contribution is -2.28. The van der Waals surface area contributed by atoms with Gasteiger partial charge in [-0.15, -0.1) is 0 Å². The van der Waals surface area contributed by atoms with Gasteiger partial charge in [-0.25, -0.2) is 0 Å². The summed E-state index contributed by atoms with van der Waals surface area (Å²) in [7, 11) is 0. The van der Waals surface area contributed by atoms with Gasteiger partial charge in [0.1, 0.15) is 0 Å². The summed E-state index contributed by atoms with van der Waals surface area (Å²) >= 11 is 12.5. The van der Waals surface area contributed by atoms with E-state index < -0.39 is 0 Å². The zero-order valence-electron chi connectivity index (χ0n) is 12.3. The predicted octanol–water partition coefficient (Wildman–Crippen LogP) is 6.02. The Balaban J connectivity index is 2.09. The molecule has 1 unspecified atom stereocenters. The average Bonchev–Trinajstić information content (AvgIpc) is 2.77. The summed E-state index contributed by atoms with van der Waals surface area (Å²) in [4.78, 5) is 3.51. The van der Waals surface area contributed by atoms with Crippen LogP contribution in [0.4, 0.5) is 0 Å². The van der Waals surface area contributed by atoms with Crippen molar-refractivity contribution in [3.8, 4) is 0 Å². The van der Waals surface area contributed by atoms with Crippen molar-refractivity contribution in [1.82, 2.24) is 4.98 Å². The molecule has 0 amide bonds. The molecule has 1 heterocycles. The van der Waals surface area contributed by atoms with E-state index in [1.807, 2.05) is 6.07 Å². The minimum atomic E-state index is 0.393. The quantitative estimate of drug-likeness (QED) is 0.698. The molecule has 3 heteroatoms. The monoisotopic (exact) mass is 309 g/mol. The molecule has 0 saturated heterocycles. The molecule has 1 aromatic heterocycles. The highest BCUT2D eigenvalue weighted by atomic mass is 35.5. The molecule has 1 N–H and O–H groups in total. The van der Waals surface area contributed by atoms with Crippen LogP contribution in [0.2, 0.25) is 10.0 Å². The largest absolute Gasteiger partial charge is 0.357 e. The molecule has 0 fully saturated rings. The predicted molar refractivity (Wildman–Crippen MR) is 87.9 cm³/mol. The van der Waals surface area contributed by atoms with Gasteiger partial charge in [-0.3, -0.25) is 0 Å². The first-order valence-electron chi connectivity index (χ1n) is 7.41. The van der Waals surface area contributed by atoms with Crippen LogP contribution < -0.4 is 0 Å². The molecule has 0 radical (unpaired) electrons. The molecule has 20 heavy (non-hydrogen) atoms. The lowest BCUT2D eigenvalue weighted by molar-refractivity contribution is 0.183. The third-order valence-electron chi connectivity index (χ3n) is 5.23. The number of fused-ring (bicyclic) bond motifs is 3. The number of halogens is 2. The highest BCUT2D eigenvalue weighted by molar-refractivity contribution is 6.38. The zero-order chi connectivity index (χ0) is 14.5. The molecule has 1 atom stereocenters. The zero-order valence-corrected chi connectivity index (χ0v) is 13.8. The fourth-order valence-electron chi connectivity index (χ4n) is 3.40. The first kappa shape index (κ1) is 14.3. The Morgan fingerprint density at radius 1 is 1.30 bits per heavy atom. The summed E-state index contributed by atoms with van der Waals surface area (Å²) in [6.07, 6.45) is 4.72. The topological polar surface area (TPSA) is 15.8 Å². The maximum atomic E-state index is 6.32. The molecule has 1 aromatic carbocycles. The lowest BCUT2D eigenvalue weighted by atomic mass is 9.69. The second-order valence-corrected chi connectivity index (χ2v) is 7.52. The summed E-state index contributed by atoms with van der Waals surface area (Å²) < 4.78 is 0. The maximum absolute atomic E-state index is 6.32. The second kappa shape index (κ2) is 4.96. The Morgan fingerprint density at radius 2 is 2.05 bits per heavy atom. The number of aromatic amines is 1. The van der Waals surface area contributed by atoms with E-state index in [-0.39, 0.29) is 0 Å². The van der Waals surface area contributed by atoms with Gasteiger partial charge in [-0.2, -0.15) is 0 Å². The standard InChI is InChI=1S/C17H21Cl2N/c1-4-17(2,3)10-5-6-15-12(7-10)13-8-11(18)9-14(19)16(13)20-15/h8-10,20H,4-7H2,1-3H3. The van der Waals surface area contributed by atoms with Crippen molar-refractivity contribution in [3.63, 3.8) is 0 Å². The van der Waals surface area contributed by atoms with Crippen LogP contribution in [0, 0.1) is 11.3 Å².